The van der Waals surface area contributed by atoms with Crippen LogP contribution in [-0.4, -0.2) is 18.1 Å². The Morgan fingerprint density at radius 2 is 2.38 bits per heavy atom. The number of hydrogen-bond donors (Lipinski definition) is 1. The van der Waals surface area contributed by atoms with E-state index in [2.05, 4.69) is 30.2 Å². The van der Waals surface area contributed by atoms with Crippen LogP contribution in [0.1, 0.15) is 38.7 Å². The summed E-state index contributed by atoms with van der Waals surface area (Å²) in [7, 11) is 0. The molecule has 1 N–H and O–H groups in total. The summed E-state index contributed by atoms with van der Waals surface area (Å²) in [5.41, 5.74) is 1.32. The third-order valence-electron chi connectivity index (χ3n) is 3.19. The van der Waals surface area contributed by atoms with Crippen LogP contribution in [0.25, 0.3) is 0 Å². The standard InChI is InChI=1S/C13H20N2O/c1-3-7-16-12-8-11(9-14-10-12)13(2)5-4-6-15-13/h8-10,15H,3-7H2,1-2H3. The fourth-order valence-corrected chi connectivity index (χ4v) is 2.16. The van der Waals surface area contributed by atoms with E-state index in [9.17, 15) is 0 Å². The number of rotatable bonds is 4. The molecule has 0 radical (unpaired) electrons. The summed E-state index contributed by atoms with van der Waals surface area (Å²) < 4.78 is 5.61. The summed E-state index contributed by atoms with van der Waals surface area (Å²) >= 11 is 0. The van der Waals surface area contributed by atoms with Gasteiger partial charge >= 0.3 is 0 Å². The molecule has 1 atom stereocenters. The molecule has 1 saturated heterocycles. The van der Waals surface area contributed by atoms with Crippen molar-refractivity contribution in [3.05, 3.63) is 24.0 Å². The van der Waals surface area contributed by atoms with Crippen molar-refractivity contribution >= 4 is 0 Å². The van der Waals surface area contributed by atoms with Gasteiger partial charge in [0.25, 0.3) is 0 Å². The molecule has 88 valence electrons. The lowest BCUT2D eigenvalue weighted by molar-refractivity contribution is 0.314. The third-order valence-corrected chi connectivity index (χ3v) is 3.19. The van der Waals surface area contributed by atoms with Crippen molar-refractivity contribution in [3.8, 4) is 5.75 Å². The van der Waals surface area contributed by atoms with E-state index in [0.29, 0.717) is 0 Å². The molecule has 0 spiro atoms. The second-order valence-corrected chi connectivity index (χ2v) is 4.62. The van der Waals surface area contributed by atoms with Gasteiger partial charge in [0.1, 0.15) is 5.75 Å². The fraction of sp³-hybridized carbons (Fsp3) is 0.615. The van der Waals surface area contributed by atoms with E-state index in [4.69, 9.17) is 4.74 Å². The Morgan fingerprint density at radius 3 is 3.06 bits per heavy atom. The molecule has 1 aliphatic heterocycles. The summed E-state index contributed by atoms with van der Waals surface area (Å²) in [5.74, 6) is 0.884. The molecule has 1 unspecified atom stereocenters. The average Bonchev–Trinajstić information content (AvgIpc) is 2.75. The van der Waals surface area contributed by atoms with Crippen molar-refractivity contribution in [1.82, 2.24) is 10.3 Å². The number of nitrogens with zero attached hydrogens (tertiary/aromatic N) is 1. The lowest BCUT2D eigenvalue weighted by Gasteiger charge is -2.24. The zero-order valence-electron chi connectivity index (χ0n) is 10.1. The van der Waals surface area contributed by atoms with Crippen molar-refractivity contribution in [1.29, 1.82) is 0 Å². The Labute approximate surface area is 97.2 Å². The molecule has 1 aliphatic rings. The SMILES string of the molecule is CCCOc1cncc(C2(C)CCCN2)c1. The van der Waals surface area contributed by atoms with E-state index in [0.717, 1.165) is 25.3 Å². The first-order chi connectivity index (χ1) is 7.74. The van der Waals surface area contributed by atoms with E-state index in [-0.39, 0.29) is 5.54 Å². The summed E-state index contributed by atoms with van der Waals surface area (Å²) in [6, 6.07) is 2.11. The second-order valence-electron chi connectivity index (χ2n) is 4.62. The quantitative estimate of drug-likeness (QED) is 0.846. The predicted octanol–water partition coefficient (Wildman–Crippen LogP) is 2.47. The van der Waals surface area contributed by atoms with Crippen LogP contribution in [0.4, 0.5) is 0 Å². The summed E-state index contributed by atoms with van der Waals surface area (Å²) in [6.45, 7) is 6.20. The molecule has 0 aromatic carbocycles. The Hall–Kier alpha value is -1.09. The minimum atomic E-state index is 0.0819. The van der Waals surface area contributed by atoms with Gasteiger partial charge in [0.05, 0.1) is 12.8 Å². The molecule has 0 amide bonds. The van der Waals surface area contributed by atoms with Gasteiger partial charge in [0.2, 0.25) is 0 Å². The highest BCUT2D eigenvalue weighted by Crippen LogP contribution is 2.31. The van der Waals surface area contributed by atoms with Crippen LogP contribution in [0.2, 0.25) is 0 Å². The summed E-state index contributed by atoms with van der Waals surface area (Å²) in [5, 5.41) is 3.54. The first-order valence-corrected chi connectivity index (χ1v) is 6.08. The predicted molar refractivity (Wildman–Crippen MR) is 64.6 cm³/mol. The number of ether oxygens (including phenoxy) is 1. The minimum absolute atomic E-state index is 0.0819. The molecule has 16 heavy (non-hydrogen) atoms. The molecule has 0 saturated carbocycles. The van der Waals surface area contributed by atoms with Gasteiger partial charge in [-0.2, -0.15) is 0 Å². The Morgan fingerprint density at radius 1 is 1.50 bits per heavy atom. The van der Waals surface area contributed by atoms with Crippen LogP contribution in [0.15, 0.2) is 18.5 Å². The highest BCUT2D eigenvalue weighted by molar-refractivity contribution is 5.29. The Balaban J connectivity index is 2.15. The van der Waals surface area contributed by atoms with E-state index in [1.807, 2.05) is 6.20 Å². The van der Waals surface area contributed by atoms with Crippen LogP contribution in [0.5, 0.6) is 5.75 Å². The van der Waals surface area contributed by atoms with Gasteiger partial charge in [-0.05, 0) is 44.4 Å². The molecule has 2 heterocycles. The van der Waals surface area contributed by atoms with Crippen molar-refractivity contribution in [2.24, 2.45) is 0 Å². The topological polar surface area (TPSA) is 34.1 Å². The molecule has 3 nitrogen and oxygen atoms in total. The van der Waals surface area contributed by atoms with Crippen LogP contribution < -0.4 is 10.1 Å². The van der Waals surface area contributed by atoms with Gasteiger partial charge in [0.15, 0.2) is 0 Å². The first-order valence-electron chi connectivity index (χ1n) is 6.08. The fourth-order valence-electron chi connectivity index (χ4n) is 2.16. The van der Waals surface area contributed by atoms with Crippen molar-refractivity contribution in [2.75, 3.05) is 13.2 Å². The molecule has 1 fully saturated rings. The molecule has 3 heteroatoms. The Kier molecular flexibility index (Phi) is 3.44. The molecular formula is C13H20N2O. The van der Waals surface area contributed by atoms with E-state index < -0.39 is 0 Å². The van der Waals surface area contributed by atoms with Crippen LogP contribution in [0.3, 0.4) is 0 Å². The molecule has 1 aromatic rings. The molecule has 0 bridgehead atoms. The molecule has 2 rings (SSSR count). The average molecular weight is 220 g/mol. The molecular weight excluding hydrogens is 200 g/mol. The Bertz CT molecular complexity index is 346. The number of hydrogen-bond acceptors (Lipinski definition) is 3. The molecule has 0 aliphatic carbocycles. The lowest BCUT2D eigenvalue weighted by Crippen LogP contribution is -2.33. The van der Waals surface area contributed by atoms with Crippen LogP contribution in [0, 0.1) is 0 Å². The largest absolute Gasteiger partial charge is 0.492 e. The number of nitrogens with one attached hydrogen (secondary N) is 1. The maximum atomic E-state index is 5.61. The number of aromatic nitrogens is 1. The maximum absolute atomic E-state index is 5.61. The minimum Gasteiger partial charge on any atom is -0.492 e. The second kappa shape index (κ2) is 4.83. The van der Waals surface area contributed by atoms with Gasteiger partial charge in [-0.25, -0.2) is 0 Å². The number of pyridine rings is 1. The highest BCUT2D eigenvalue weighted by Gasteiger charge is 2.30. The third kappa shape index (κ3) is 2.35. The summed E-state index contributed by atoms with van der Waals surface area (Å²) in [6.07, 6.45) is 7.16. The lowest BCUT2D eigenvalue weighted by atomic mass is 9.92. The van der Waals surface area contributed by atoms with E-state index in [1.165, 1.54) is 18.4 Å². The normalized spacial score (nSPS) is 24.6. The molecule has 1 aromatic heterocycles. The van der Waals surface area contributed by atoms with Crippen molar-refractivity contribution in [2.45, 2.75) is 38.6 Å². The van der Waals surface area contributed by atoms with Gasteiger partial charge < -0.3 is 10.1 Å². The van der Waals surface area contributed by atoms with Gasteiger partial charge in [-0.3, -0.25) is 4.98 Å². The van der Waals surface area contributed by atoms with Crippen molar-refractivity contribution in [3.63, 3.8) is 0 Å². The smallest absolute Gasteiger partial charge is 0.137 e. The van der Waals surface area contributed by atoms with Crippen molar-refractivity contribution < 1.29 is 4.74 Å². The zero-order valence-corrected chi connectivity index (χ0v) is 10.1. The van der Waals surface area contributed by atoms with Gasteiger partial charge in [0, 0.05) is 11.7 Å². The maximum Gasteiger partial charge on any atom is 0.137 e. The van der Waals surface area contributed by atoms with E-state index in [1.54, 1.807) is 6.20 Å². The summed E-state index contributed by atoms with van der Waals surface area (Å²) in [4.78, 5) is 4.26. The monoisotopic (exact) mass is 220 g/mol. The highest BCUT2D eigenvalue weighted by atomic mass is 16.5. The first kappa shape index (κ1) is 11.4. The van der Waals surface area contributed by atoms with Gasteiger partial charge in [-0.15, -0.1) is 0 Å². The van der Waals surface area contributed by atoms with Crippen LogP contribution >= 0.6 is 0 Å². The van der Waals surface area contributed by atoms with Crippen LogP contribution in [-0.2, 0) is 5.54 Å². The van der Waals surface area contributed by atoms with E-state index >= 15 is 0 Å². The zero-order chi connectivity index (χ0) is 11.4. The van der Waals surface area contributed by atoms with Gasteiger partial charge in [-0.1, -0.05) is 6.92 Å².